The van der Waals surface area contributed by atoms with Crippen LogP contribution in [0.1, 0.15) is 0 Å². The number of nitrogens with two attached hydrogens (primary N) is 1. The second kappa shape index (κ2) is 7.75. The quantitative estimate of drug-likeness (QED) is 0.717. The average Bonchev–Trinajstić information content (AvgIpc) is 2.38. The van der Waals surface area contributed by atoms with Crippen LogP contribution in [0.15, 0.2) is 18.2 Å². The molecule has 0 aliphatic carbocycles. The Morgan fingerprint density at radius 3 is 2.74 bits per heavy atom. The number of anilines is 2. The predicted octanol–water partition coefficient (Wildman–Crippen LogP) is 0.611. The molecule has 0 saturated carbocycles. The van der Waals surface area contributed by atoms with E-state index in [1.165, 1.54) is 14.2 Å². The molecule has 19 heavy (non-hydrogen) atoms. The number of amides is 1. The standard InChI is InChI=1S/C12H18N2O4S/c1-17-5-6-19(16)8-12(15)14-11-4-3-9(18-2)7-10(11)13/h3-4,7H,5-6,8,13H2,1-2H3,(H,14,15). The molecule has 1 rings (SSSR count). The summed E-state index contributed by atoms with van der Waals surface area (Å²) < 4.78 is 21.3. The zero-order valence-electron chi connectivity index (χ0n) is 11.0. The highest BCUT2D eigenvalue weighted by molar-refractivity contribution is 7.85. The summed E-state index contributed by atoms with van der Waals surface area (Å²) in [4.78, 5) is 11.7. The van der Waals surface area contributed by atoms with Gasteiger partial charge in [0.1, 0.15) is 11.5 Å². The monoisotopic (exact) mass is 286 g/mol. The molecule has 1 unspecified atom stereocenters. The molecule has 0 aliphatic rings. The van der Waals surface area contributed by atoms with Gasteiger partial charge in [-0.15, -0.1) is 0 Å². The maximum absolute atomic E-state index is 11.7. The Morgan fingerprint density at radius 2 is 2.16 bits per heavy atom. The van der Waals surface area contributed by atoms with Crippen LogP contribution in [-0.4, -0.2) is 42.4 Å². The van der Waals surface area contributed by atoms with Crippen LogP contribution in [0.25, 0.3) is 0 Å². The molecule has 0 radical (unpaired) electrons. The van der Waals surface area contributed by atoms with Crippen LogP contribution in [0.4, 0.5) is 11.4 Å². The minimum absolute atomic E-state index is 0.0746. The molecule has 1 atom stereocenters. The third-order valence-electron chi connectivity index (χ3n) is 2.34. The number of hydrogen-bond acceptors (Lipinski definition) is 5. The zero-order chi connectivity index (χ0) is 14.3. The van der Waals surface area contributed by atoms with Crippen LogP contribution < -0.4 is 15.8 Å². The second-order valence-corrected chi connectivity index (χ2v) is 5.36. The molecule has 6 nitrogen and oxygen atoms in total. The Labute approximate surface area is 114 Å². The fourth-order valence-electron chi connectivity index (χ4n) is 1.36. The van der Waals surface area contributed by atoms with Crippen molar-refractivity contribution >= 4 is 28.1 Å². The molecule has 0 bridgehead atoms. The van der Waals surface area contributed by atoms with Crippen molar-refractivity contribution < 1.29 is 18.5 Å². The lowest BCUT2D eigenvalue weighted by molar-refractivity contribution is -0.113. The molecule has 0 saturated heterocycles. The molecule has 1 aromatic carbocycles. The van der Waals surface area contributed by atoms with Gasteiger partial charge in [0.15, 0.2) is 0 Å². The molecular formula is C12H18N2O4S. The van der Waals surface area contributed by atoms with Crippen LogP contribution in [0.3, 0.4) is 0 Å². The van der Waals surface area contributed by atoms with Crippen molar-refractivity contribution in [2.24, 2.45) is 0 Å². The highest BCUT2D eigenvalue weighted by Gasteiger charge is 2.10. The smallest absolute Gasteiger partial charge is 0.237 e. The summed E-state index contributed by atoms with van der Waals surface area (Å²) in [6.45, 7) is 0.366. The third kappa shape index (κ3) is 5.27. The van der Waals surface area contributed by atoms with Crippen LogP contribution in [-0.2, 0) is 20.3 Å². The Kier molecular flexibility index (Phi) is 6.31. The van der Waals surface area contributed by atoms with E-state index in [9.17, 15) is 9.00 Å². The molecule has 0 aromatic heterocycles. The van der Waals surface area contributed by atoms with Crippen LogP contribution >= 0.6 is 0 Å². The summed E-state index contributed by atoms with van der Waals surface area (Å²) in [5.41, 5.74) is 6.65. The summed E-state index contributed by atoms with van der Waals surface area (Å²) in [7, 11) is 1.82. The summed E-state index contributed by atoms with van der Waals surface area (Å²) in [6.07, 6.45) is 0. The van der Waals surface area contributed by atoms with Gasteiger partial charge in [0.25, 0.3) is 0 Å². The summed E-state index contributed by atoms with van der Waals surface area (Å²) in [5.74, 6) is 0.530. The average molecular weight is 286 g/mol. The van der Waals surface area contributed by atoms with Gasteiger partial charge in [-0.25, -0.2) is 0 Å². The Hall–Kier alpha value is -1.60. The first-order chi connectivity index (χ1) is 9.06. The van der Waals surface area contributed by atoms with Crippen molar-refractivity contribution in [1.82, 2.24) is 0 Å². The van der Waals surface area contributed by atoms with Gasteiger partial charge >= 0.3 is 0 Å². The lowest BCUT2D eigenvalue weighted by Crippen LogP contribution is -2.22. The van der Waals surface area contributed by atoms with Crippen molar-refractivity contribution in [2.45, 2.75) is 0 Å². The predicted molar refractivity (Wildman–Crippen MR) is 75.8 cm³/mol. The van der Waals surface area contributed by atoms with Gasteiger partial charge in [0, 0.05) is 29.7 Å². The van der Waals surface area contributed by atoms with Crippen molar-refractivity contribution in [3.8, 4) is 5.75 Å². The number of benzene rings is 1. The molecule has 106 valence electrons. The Balaban J connectivity index is 2.55. The van der Waals surface area contributed by atoms with Gasteiger partial charge < -0.3 is 20.5 Å². The van der Waals surface area contributed by atoms with Gasteiger partial charge in [0.2, 0.25) is 5.91 Å². The van der Waals surface area contributed by atoms with E-state index in [2.05, 4.69) is 5.32 Å². The normalized spacial score (nSPS) is 11.9. The number of methoxy groups -OCH3 is 2. The maximum atomic E-state index is 11.7. The van der Waals surface area contributed by atoms with Crippen LogP contribution in [0.2, 0.25) is 0 Å². The molecule has 1 aromatic rings. The maximum Gasteiger partial charge on any atom is 0.237 e. The van der Waals surface area contributed by atoms with Crippen molar-refractivity contribution in [3.05, 3.63) is 18.2 Å². The van der Waals surface area contributed by atoms with Gasteiger partial charge in [-0.05, 0) is 12.1 Å². The lowest BCUT2D eigenvalue weighted by Gasteiger charge is -2.09. The third-order valence-corrected chi connectivity index (χ3v) is 3.55. The first kappa shape index (κ1) is 15.5. The fourth-order valence-corrected chi connectivity index (χ4v) is 2.22. The SMILES string of the molecule is COCCS(=O)CC(=O)Nc1ccc(OC)cc1N. The number of rotatable bonds is 7. The minimum Gasteiger partial charge on any atom is -0.497 e. The van der Waals surface area contributed by atoms with Gasteiger partial charge in [-0.1, -0.05) is 0 Å². The number of ether oxygens (including phenoxy) is 2. The Bertz CT molecular complexity index is 465. The largest absolute Gasteiger partial charge is 0.497 e. The highest BCUT2D eigenvalue weighted by atomic mass is 32.2. The number of nitrogens with one attached hydrogen (secondary N) is 1. The van der Waals surface area contributed by atoms with E-state index >= 15 is 0 Å². The summed E-state index contributed by atoms with van der Waals surface area (Å²) in [6, 6.07) is 4.94. The first-order valence-corrected chi connectivity index (χ1v) is 7.13. The molecule has 0 aliphatic heterocycles. The van der Waals surface area contributed by atoms with Crippen LogP contribution in [0, 0.1) is 0 Å². The molecule has 7 heteroatoms. The number of hydrogen-bond donors (Lipinski definition) is 2. The second-order valence-electron chi connectivity index (χ2n) is 3.78. The molecule has 0 fully saturated rings. The van der Waals surface area contributed by atoms with E-state index in [0.29, 0.717) is 29.5 Å². The molecule has 0 spiro atoms. The van der Waals surface area contributed by atoms with Crippen molar-refractivity contribution in [1.29, 1.82) is 0 Å². The van der Waals surface area contributed by atoms with E-state index in [1.807, 2.05) is 0 Å². The summed E-state index contributed by atoms with van der Waals surface area (Å²) in [5, 5.41) is 2.62. The van der Waals surface area contributed by atoms with Crippen LogP contribution in [0.5, 0.6) is 5.75 Å². The molecule has 3 N–H and O–H groups in total. The summed E-state index contributed by atoms with van der Waals surface area (Å²) >= 11 is 0. The Morgan fingerprint density at radius 1 is 1.42 bits per heavy atom. The topological polar surface area (TPSA) is 90.7 Å². The van der Waals surface area contributed by atoms with E-state index in [1.54, 1.807) is 18.2 Å². The first-order valence-electron chi connectivity index (χ1n) is 5.64. The van der Waals surface area contributed by atoms with Gasteiger partial charge in [-0.3, -0.25) is 9.00 Å². The minimum atomic E-state index is -1.24. The highest BCUT2D eigenvalue weighted by Crippen LogP contribution is 2.23. The van der Waals surface area contributed by atoms with Crippen molar-refractivity contribution in [3.63, 3.8) is 0 Å². The van der Waals surface area contributed by atoms with Gasteiger partial charge in [0.05, 0.1) is 25.1 Å². The van der Waals surface area contributed by atoms with E-state index < -0.39 is 10.8 Å². The molecule has 1 amide bonds. The lowest BCUT2D eigenvalue weighted by atomic mass is 10.2. The van der Waals surface area contributed by atoms with E-state index in [-0.39, 0.29) is 11.7 Å². The fraction of sp³-hybridized carbons (Fsp3) is 0.417. The number of nitrogen functional groups attached to an aromatic ring is 1. The van der Waals surface area contributed by atoms with Gasteiger partial charge in [-0.2, -0.15) is 0 Å². The van der Waals surface area contributed by atoms with E-state index in [4.69, 9.17) is 15.2 Å². The molecule has 0 heterocycles. The van der Waals surface area contributed by atoms with Crippen molar-refractivity contribution in [2.75, 3.05) is 43.4 Å². The molecular weight excluding hydrogens is 268 g/mol. The zero-order valence-corrected chi connectivity index (χ0v) is 11.8. The number of carbonyl (C=O) groups is 1. The number of carbonyl (C=O) groups excluding carboxylic acids is 1. The van der Waals surface area contributed by atoms with E-state index in [0.717, 1.165) is 0 Å².